The molecule has 0 radical (unpaired) electrons. The number of hydrogen-bond acceptors (Lipinski definition) is 7. The molecule has 0 spiro atoms. The molecule has 0 amide bonds. The number of nitrogens with two attached hydrogens (primary N) is 1. The van der Waals surface area contributed by atoms with Crippen LogP contribution in [0.3, 0.4) is 0 Å². The Balaban J connectivity index is 3.95. The number of carbonyl (C=O) groups excluding carboxylic acids is 1. The summed E-state index contributed by atoms with van der Waals surface area (Å²) in [5.41, 5.74) is 5.38. The summed E-state index contributed by atoms with van der Waals surface area (Å²) in [6.07, 6.45) is 56.0. The smallest absolute Gasteiger partial charge is 0.457 e. The van der Waals surface area contributed by atoms with Gasteiger partial charge in [-0.25, -0.2) is 4.57 Å². The van der Waals surface area contributed by atoms with E-state index in [2.05, 4.69) is 50.3 Å². The maximum atomic E-state index is 12.6. The molecule has 8 nitrogen and oxygen atoms in total. The molecule has 0 aromatic rings. The maximum Gasteiger partial charge on any atom is 0.472 e. The van der Waals surface area contributed by atoms with Crippen LogP contribution in [0.2, 0.25) is 0 Å². The van der Waals surface area contributed by atoms with E-state index in [1.165, 1.54) is 180 Å². The van der Waals surface area contributed by atoms with Crippen LogP contribution in [-0.2, 0) is 27.9 Å². The largest absolute Gasteiger partial charge is 0.472 e. The molecular formula is C50H96NO7P. The number of unbranched alkanes of at least 4 members (excludes halogenated alkanes) is 29. The lowest BCUT2D eigenvalue weighted by atomic mass is 10.0. The van der Waals surface area contributed by atoms with E-state index in [0.29, 0.717) is 13.0 Å². The van der Waals surface area contributed by atoms with Crippen molar-refractivity contribution in [3.63, 3.8) is 0 Å². The van der Waals surface area contributed by atoms with E-state index in [-0.39, 0.29) is 32.3 Å². The number of phosphoric acid groups is 1. The summed E-state index contributed by atoms with van der Waals surface area (Å²) in [5.74, 6) is -0.332. The van der Waals surface area contributed by atoms with Crippen molar-refractivity contribution in [1.29, 1.82) is 0 Å². The van der Waals surface area contributed by atoms with Crippen LogP contribution >= 0.6 is 7.82 Å². The van der Waals surface area contributed by atoms with E-state index in [1.54, 1.807) is 0 Å². The van der Waals surface area contributed by atoms with Gasteiger partial charge in [-0.15, -0.1) is 0 Å². The lowest BCUT2D eigenvalue weighted by molar-refractivity contribution is -0.154. The first-order valence-corrected chi connectivity index (χ1v) is 26.5. The number of allylic oxidation sites excluding steroid dienone is 6. The van der Waals surface area contributed by atoms with Crippen LogP contribution in [0.4, 0.5) is 0 Å². The Bertz CT molecular complexity index is 1000. The quantitative estimate of drug-likeness (QED) is 0.0269. The Hall–Kier alpha value is -1.28. The summed E-state index contributed by atoms with van der Waals surface area (Å²) in [5, 5.41) is 0. The molecule has 0 bridgehead atoms. The fourth-order valence-corrected chi connectivity index (χ4v) is 7.85. The van der Waals surface area contributed by atoms with Gasteiger partial charge in [0.05, 0.1) is 19.8 Å². The minimum atomic E-state index is -4.28. The minimum Gasteiger partial charge on any atom is -0.457 e. The summed E-state index contributed by atoms with van der Waals surface area (Å²) in [6, 6.07) is 0. The third kappa shape index (κ3) is 47.6. The average Bonchev–Trinajstić information content (AvgIpc) is 3.23. The predicted octanol–water partition coefficient (Wildman–Crippen LogP) is 15.4. The molecule has 3 N–H and O–H groups in total. The zero-order chi connectivity index (χ0) is 43.0. The standard InChI is InChI=1S/C50H96NO7P/c1-3-5-7-9-11-13-15-17-19-21-22-23-24-25-26-27-29-31-33-35-37-39-41-43-50(52)58-49(48-57-59(53,54)56-46-44-51)47-55-45-42-40-38-36-34-32-30-28-20-18-16-14-12-10-8-6-4-2/h15,17,20-22,28,49H,3-14,16,18-19,23-27,29-48,51H2,1-2H3,(H,53,54)/b17-15-,22-21-,28-20-. The van der Waals surface area contributed by atoms with E-state index in [1.807, 2.05) is 0 Å². The Morgan fingerprint density at radius 1 is 0.508 bits per heavy atom. The van der Waals surface area contributed by atoms with Gasteiger partial charge in [0.15, 0.2) is 0 Å². The molecule has 0 heterocycles. The molecule has 9 heteroatoms. The van der Waals surface area contributed by atoms with E-state index in [4.69, 9.17) is 24.3 Å². The van der Waals surface area contributed by atoms with Crippen molar-refractivity contribution in [3.8, 4) is 0 Å². The lowest BCUT2D eigenvalue weighted by Crippen LogP contribution is -2.28. The van der Waals surface area contributed by atoms with Gasteiger partial charge >= 0.3 is 13.8 Å². The molecular weight excluding hydrogens is 758 g/mol. The van der Waals surface area contributed by atoms with Crippen molar-refractivity contribution in [2.75, 3.05) is 33.0 Å². The van der Waals surface area contributed by atoms with Gasteiger partial charge in [-0.3, -0.25) is 13.8 Å². The summed E-state index contributed by atoms with van der Waals surface area (Å²) in [7, 11) is -4.28. The molecule has 0 aliphatic rings. The Kier molecular flexibility index (Phi) is 46.7. The number of rotatable bonds is 48. The van der Waals surface area contributed by atoms with Crippen LogP contribution in [0, 0.1) is 0 Å². The first-order chi connectivity index (χ1) is 28.9. The number of esters is 1. The summed E-state index contributed by atoms with van der Waals surface area (Å²) in [4.78, 5) is 22.6. The first kappa shape index (κ1) is 57.7. The topological polar surface area (TPSA) is 117 Å². The molecule has 0 rings (SSSR count). The van der Waals surface area contributed by atoms with E-state index in [0.717, 1.165) is 38.5 Å². The van der Waals surface area contributed by atoms with Gasteiger partial charge in [0.2, 0.25) is 0 Å². The third-order valence-electron chi connectivity index (χ3n) is 10.8. The highest BCUT2D eigenvalue weighted by Crippen LogP contribution is 2.43. The Morgan fingerprint density at radius 2 is 0.898 bits per heavy atom. The second-order valence-electron chi connectivity index (χ2n) is 16.7. The van der Waals surface area contributed by atoms with Crippen molar-refractivity contribution >= 4 is 13.8 Å². The molecule has 348 valence electrons. The molecule has 0 aliphatic heterocycles. The van der Waals surface area contributed by atoms with Gasteiger partial charge in [0, 0.05) is 19.6 Å². The third-order valence-corrected chi connectivity index (χ3v) is 11.8. The van der Waals surface area contributed by atoms with Gasteiger partial charge in [0.1, 0.15) is 6.10 Å². The number of ether oxygens (including phenoxy) is 2. The molecule has 0 saturated carbocycles. The average molecular weight is 854 g/mol. The zero-order valence-corrected chi connectivity index (χ0v) is 39.6. The summed E-state index contributed by atoms with van der Waals surface area (Å²) < 4.78 is 33.5. The van der Waals surface area contributed by atoms with Gasteiger partial charge in [-0.2, -0.15) is 0 Å². The molecule has 0 saturated heterocycles. The van der Waals surface area contributed by atoms with Crippen molar-refractivity contribution in [3.05, 3.63) is 36.5 Å². The second kappa shape index (κ2) is 47.8. The van der Waals surface area contributed by atoms with E-state index < -0.39 is 13.9 Å². The van der Waals surface area contributed by atoms with Gasteiger partial charge < -0.3 is 20.1 Å². The second-order valence-corrected chi connectivity index (χ2v) is 18.1. The normalized spacial score (nSPS) is 13.6. The fourth-order valence-electron chi connectivity index (χ4n) is 7.08. The van der Waals surface area contributed by atoms with Gasteiger partial charge in [-0.05, 0) is 70.6 Å². The molecule has 0 aromatic heterocycles. The molecule has 0 aliphatic carbocycles. The van der Waals surface area contributed by atoms with Gasteiger partial charge in [-0.1, -0.05) is 198 Å². The molecule has 2 unspecified atom stereocenters. The highest BCUT2D eigenvalue weighted by Gasteiger charge is 2.25. The SMILES string of the molecule is CCCCCCC/C=C\C/C=C\CCCCCCCCCCCCCC(=O)OC(COCCCCCCCC/C=C\CCCCCCCCC)COP(=O)(O)OCCN. The van der Waals surface area contributed by atoms with E-state index >= 15 is 0 Å². The predicted molar refractivity (Wildman–Crippen MR) is 252 cm³/mol. The zero-order valence-electron chi connectivity index (χ0n) is 38.7. The number of phosphoric ester groups is 1. The van der Waals surface area contributed by atoms with Crippen LogP contribution in [0.15, 0.2) is 36.5 Å². The van der Waals surface area contributed by atoms with Crippen LogP contribution in [0.25, 0.3) is 0 Å². The first-order valence-electron chi connectivity index (χ1n) is 25.0. The maximum absolute atomic E-state index is 12.6. The van der Waals surface area contributed by atoms with Crippen LogP contribution < -0.4 is 5.73 Å². The minimum absolute atomic E-state index is 0.0965. The van der Waals surface area contributed by atoms with Crippen LogP contribution in [0.5, 0.6) is 0 Å². The van der Waals surface area contributed by atoms with Crippen molar-refractivity contribution < 1.29 is 32.8 Å². The highest BCUT2D eigenvalue weighted by atomic mass is 31.2. The van der Waals surface area contributed by atoms with E-state index in [9.17, 15) is 14.3 Å². The van der Waals surface area contributed by atoms with Crippen molar-refractivity contribution in [2.24, 2.45) is 5.73 Å². The summed E-state index contributed by atoms with van der Waals surface area (Å²) >= 11 is 0. The van der Waals surface area contributed by atoms with Crippen molar-refractivity contribution in [1.82, 2.24) is 0 Å². The van der Waals surface area contributed by atoms with Crippen LogP contribution in [-0.4, -0.2) is 49.9 Å². The van der Waals surface area contributed by atoms with Gasteiger partial charge in [0.25, 0.3) is 0 Å². The number of hydrogen-bond donors (Lipinski definition) is 2. The van der Waals surface area contributed by atoms with Crippen molar-refractivity contribution in [2.45, 2.75) is 245 Å². The fraction of sp³-hybridized carbons (Fsp3) is 0.860. The molecule has 0 fully saturated rings. The summed E-state index contributed by atoms with van der Waals surface area (Å²) in [6.45, 7) is 4.93. The van der Waals surface area contributed by atoms with Crippen LogP contribution in [0.1, 0.15) is 239 Å². The molecule has 59 heavy (non-hydrogen) atoms. The Labute approximate surface area is 365 Å². The highest BCUT2D eigenvalue weighted by molar-refractivity contribution is 7.47. The Morgan fingerprint density at radius 3 is 1.34 bits per heavy atom. The molecule has 2 atom stereocenters. The molecule has 0 aromatic carbocycles. The monoisotopic (exact) mass is 854 g/mol. The lowest BCUT2D eigenvalue weighted by Gasteiger charge is -2.20. The number of carbonyl (C=O) groups is 1.